The highest BCUT2D eigenvalue weighted by atomic mass is 16.5. The summed E-state index contributed by atoms with van der Waals surface area (Å²) in [7, 11) is 0. The summed E-state index contributed by atoms with van der Waals surface area (Å²) in [5.41, 5.74) is 6.71. The SMILES string of the molecule is C=C(CCN)C1CCCOC1. The zero-order chi connectivity index (χ0) is 8.10. The number of nitrogens with two attached hydrogens (primary N) is 1. The predicted molar refractivity (Wildman–Crippen MR) is 46.4 cm³/mol. The van der Waals surface area contributed by atoms with Crippen LogP contribution in [0.2, 0.25) is 0 Å². The Morgan fingerprint density at radius 1 is 1.64 bits per heavy atom. The van der Waals surface area contributed by atoms with Gasteiger partial charge in [0, 0.05) is 12.5 Å². The highest BCUT2D eigenvalue weighted by Gasteiger charge is 2.15. The summed E-state index contributed by atoms with van der Waals surface area (Å²) in [6.07, 6.45) is 3.36. The molecule has 2 heteroatoms. The summed E-state index contributed by atoms with van der Waals surface area (Å²) >= 11 is 0. The second-order valence-electron chi connectivity index (χ2n) is 3.11. The monoisotopic (exact) mass is 155 g/mol. The fraction of sp³-hybridized carbons (Fsp3) is 0.778. The lowest BCUT2D eigenvalue weighted by molar-refractivity contribution is 0.0665. The Morgan fingerprint density at radius 3 is 3.00 bits per heavy atom. The Morgan fingerprint density at radius 2 is 2.45 bits per heavy atom. The van der Waals surface area contributed by atoms with Crippen molar-refractivity contribution < 1.29 is 4.74 Å². The maximum absolute atomic E-state index is 5.43. The van der Waals surface area contributed by atoms with Gasteiger partial charge in [-0.3, -0.25) is 0 Å². The molecular weight excluding hydrogens is 138 g/mol. The van der Waals surface area contributed by atoms with E-state index in [4.69, 9.17) is 10.5 Å². The van der Waals surface area contributed by atoms with Gasteiger partial charge in [-0.2, -0.15) is 0 Å². The van der Waals surface area contributed by atoms with E-state index < -0.39 is 0 Å². The zero-order valence-corrected chi connectivity index (χ0v) is 7.01. The van der Waals surface area contributed by atoms with Crippen LogP contribution in [0.5, 0.6) is 0 Å². The second-order valence-corrected chi connectivity index (χ2v) is 3.11. The molecule has 1 fully saturated rings. The molecule has 1 saturated heterocycles. The van der Waals surface area contributed by atoms with Crippen molar-refractivity contribution in [1.82, 2.24) is 0 Å². The van der Waals surface area contributed by atoms with Gasteiger partial charge in [0.15, 0.2) is 0 Å². The predicted octanol–water partition coefficient (Wildman–Crippen LogP) is 1.32. The normalized spacial score (nSPS) is 25.0. The summed E-state index contributed by atoms with van der Waals surface area (Å²) in [6.45, 7) is 6.51. The molecule has 0 aromatic carbocycles. The van der Waals surface area contributed by atoms with E-state index >= 15 is 0 Å². The Balaban J connectivity index is 2.27. The molecule has 1 aliphatic heterocycles. The van der Waals surface area contributed by atoms with Gasteiger partial charge in [-0.15, -0.1) is 0 Å². The first-order valence-corrected chi connectivity index (χ1v) is 4.30. The molecule has 0 radical (unpaired) electrons. The van der Waals surface area contributed by atoms with Gasteiger partial charge in [0.25, 0.3) is 0 Å². The van der Waals surface area contributed by atoms with Crippen LogP contribution in [-0.2, 0) is 4.74 Å². The molecule has 0 aromatic heterocycles. The lowest BCUT2D eigenvalue weighted by atomic mass is 9.92. The summed E-state index contributed by atoms with van der Waals surface area (Å²) in [6, 6.07) is 0. The van der Waals surface area contributed by atoms with Crippen molar-refractivity contribution in [3.8, 4) is 0 Å². The first kappa shape index (κ1) is 8.75. The van der Waals surface area contributed by atoms with Gasteiger partial charge in [-0.1, -0.05) is 12.2 Å². The van der Waals surface area contributed by atoms with Crippen LogP contribution in [0.15, 0.2) is 12.2 Å². The van der Waals surface area contributed by atoms with Crippen LogP contribution in [0.1, 0.15) is 19.3 Å². The minimum Gasteiger partial charge on any atom is -0.381 e. The maximum atomic E-state index is 5.43. The molecular formula is C9H17NO. The van der Waals surface area contributed by atoms with Crippen LogP contribution >= 0.6 is 0 Å². The lowest BCUT2D eigenvalue weighted by Crippen LogP contribution is -2.20. The summed E-state index contributed by atoms with van der Waals surface area (Å²) in [5.74, 6) is 0.576. The van der Waals surface area contributed by atoms with Gasteiger partial charge in [-0.25, -0.2) is 0 Å². The van der Waals surface area contributed by atoms with E-state index in [1.165, 1.54) is 18.4 Å². The van der Waals surface area contributed by atoms with Crippen LogP contribution in [0.25, 0.3) is 0 Å². The molecule has 1 atom stereocenters. The largest absolute Gasteiger partial charge is 0.381 e. The Kier molecular flexibility index (Phi) is 3.60. The summed E-state index contributed by atoms with van der Waals surface area (Å²) in [5, 5.41) is 0. The summed E-state index contributed by atoms with van der Waals surface area (Å²) < 4.78 is 5.35. The molecule has 0 aromatic rings. The van der Waals surface area contributed by atoms with Gasteiger partial charge < -0.3 is 10.5 Å². The number of hydrogen-bond acceptors (Lipinski definition) is 2. The first-order chi connectivity index (χ1) is 5.34. The third kappa shape index (κ3) is 2.64. The highest BCUT2D eigenvalue weighted by Crippen LogP contribution is 2.22. The van der Waals surface area contributed by atoms with E-state index in [1.54, 1.807) is 0 Å². The molecule has 1 rings (SSSR count). The van der Waals surface area contributed by atoms with Crippen LogP contribution in [0.4, 0.5) is 0 Å². The quantitative estimate of drug-likeness (QED) is 0.624. The third-order valence-corrected chi connectivity index (χ3v) is 2.20. The smallest absolute Gasteiger partial charge is 0.0531 e. The van der Waals surface area contributed by atoms with Gasteiger partial charge in [0.1, 0.15) is 0 Å². The minimum atomic E-state index is 0.576. The van der Waals surface area contributed by atoms with Crippen molar-refractivity contribution >= 4 is 0 Å². The molecule has 0 aliphatic carbocycles. The maximum Gasteiger partial charge on any atom is 0.0531 e. The Labute approximate surface area is 68.4 Å². The Bertz CT molecular complexity index is 128. The summed E-state index contributed by atoms with van der Waals surface area (Å²) in [4.78, 5) is 0. The molecule has 0 amide bonds. The van der Waals surface area contributed by atoms with Crippen molar-refractivity contribution in [3.05, 3.63) is 12.2 Å². The fourth-order valence-corrected chi connectivity index (χ4v) is 1.45. The van der Waals surface area contributed by atoms with Crippen LogP contribution in [-0.4, -0.2) is 19.8 Å². The average molecular weight is 155 g/mol. The fourth-order valence-electron chi connectivity index (χ4n) is 1.45. The van der Waals surface area contributed by atoms with Gasteiger partial charge in [-0.05, 0) is 25.8 Å². The number of hydrogen-bond donors (Lipinski definition) is 1. The molecule has 64 valence electrons. The van der Waals surface area contributed by atoms with Gasteiger partial charge in [0.05, 0.1) is 6.61 Å². The van der Waals surface area contributed by atoms with Gasteiger partial charge in [0.2, 0.25) is 0 Å². The van der Waals surface area contributed by atoms with Gasteiger partial charge >= 0.3 is 0 Å². The molecule has 1 unspecified atom stereocenters. The van der Waals surface area contributed by atoms with E-state index in [0.29, 0.717) is 5.92 Å². The van der Waals surface area contributed by atoms with Crippen LogP contribution in [0, 0.1) is 5.92 Å². The van der Waals surface area contributed by atoms with E-state index in [-0.39, 0.29) is 0 Å². The molecule has 0 saturated carbocycles. The third-order valence-electron chi connectivity index (χ3n) is 2.20. The lowest BCUT2D eigenvalue weighted by Gasteiger charge is -2.23. The molecule has 2 nitrogen and oxygen atoms in total. The van der Waals surface area contributed by atoms with Crippen molar-refractivity contribution in [1.29, 1.82) is 0 Å². The number of ether oxygens (including phenoxy) is 1. The van der Waals surface area contributed by atoms with E-state index in [2.05, 4.69) is 6.58 Å². The zero-order valence-electron chi connectivity index (χ0n) is 7.01. The van der Waals surface area contributed by atoms with E-state index in [1.807, 2.05) is 0 Å². The molecule has 1 aliphatic rings. The van der Waals surface area contributed by atoms with Crippen LogP contribution in [0.3, 0.4) is 0 Å². The van der Waals surface area contributed by atoms with Crippen molar-refractivity contribution in [2.24, 2.45) is 11.7 Å². The number of rotatable bonds is 3. The van der Waals surface area contributed by atoms with Crippen LogP contribution < -0.4 is 5.73 Å². The molecule has 2 N–H and O–H groups in total. The molecule has 0 bridgehead atoms. The van der Waals surface area contributed by atoms with Crippen molar-refractivity contribution in [3.63, 3.8) is 0 Å². The second kappa shape index (κ2) is 4.52. The minimum absolute atomic E-state index is 0.576. The van der Waals surface area contributed by atoms with Crippen molar-refractivity contribution in [2.75, 3.05) is 19.8 Å². The Hall–Kier alpha value is -0.340. The highest BCUT2D eigenvalue weighted by molar-refractivity contribution is 5.01. The van der Waals surface area contributed by atoms with E-state index in [0.717, 1.165) is 26.2 Å². The standard InChI is InChI=1S/C9H17NO/c1-8(4-5-10)9-3-2-6-11-7-9/h9H,1-7,10H2. The molecule has 0 spiro atoms. The topological polar surface area (TPSA) is 35.2 Å². The molecule has 1 heterocycles. The van der Waals surface area contributed by atoms with E-state index in [9.17, 15) is 0 Å². The average Bonchev–Trinajstić information content (AvgIpc) is 2.07. The first-order valence-electron chi connectivity index (χ1n) is 4.30. The molecule has 11 heavy (non-hydrogen) atoms. The van der Waals surface area contributed by atoms with Crippen molar-refractivity contribution in [2.45, 2.75) is 19.3 Å².